The average Bonchev–Trinajstić information content (AvgIpc) is 3.36. The van der Waals surface area contributed by atoms with Crippen molar-refractivity contribution in [1.29, 1.82) is 0 Å². The Morgan fingerprint density at radius 1 is 1.11 bits per heavy atom. The second-order valence-electron chi connectivity index (χ2n) is 9.09. The molecule has 5 heteroatoms. The van der Waals surface area contributed by atoms with Gasteiger partial charge in [0.15, 0.2) is 0 Å². The highest BCUT2D eigenvalue weighted by atomic mass is 16.5. The number of hydrogen-bond acceptors (Lipinski definition) is 4. The zero-order valence-corrected chi connectivity index (χ0v) is 17.3. The molecule has 4 aliphatic rings. The quantitative estimate of drug-likeness (QED) is 0.795. The third-order valence-electron chi connectivity index (χ3n) is 7.21. The fraction of sp³-hybridized carbons (Fsp3) is 0.609. The van der Waals surface area contributed by atoms with Gasteiger partial charge in [-0.05, 0) is 63.4 Å². The van der Waals surface area contributed by atoms with Crippen LogP contribution in [0.5, 0.6) is 5.75 Å². The molecule has 2 bridgehead atoms. The van der Waals surface area contributed by atoms with Crippen LogP contribution in [0.1, 0.15) is 49.8 Å². The van der Waals surface area contributed by atoms with Gasteiger partial charge in [0, 0.05) is 48.9 Å². The predicted octanol–water partition coefficient (Wildman–Crippen LogP) is 3.53. The van der Waals surface area contributed by atoms with Crippen molar-refractivity contribution in [3.05, 3.63) is 47.8 Å². The van der Waals surface area contributed by atoms with Crippen molar-refractivity contribution < 1.29 is 4.74 Å². The smallest absolute Gasteiger partial charge is 0.118 e. The molecular weight excluding hydrogens is 348 g/mol. The highest BCUT2D eigenvalue weighted by molar-refractivity contribution is 5.33. The lowest BCUT2D eigenvalue weighted by Crippen LogP contribution is -2.59. The molecule has 2 aromatic rings. The predicted molar refractivity (Wildman–Crippen MR) is 111 cm³/mol. The van der Waals surface area contributed by atoms with Crippen LogP contribution in [0.4, 0.5) is 0 Å². The highest BCUT2D eigenvalue weighted by Crippen LogP contribution is 2.47. The Balaban J connectivity index is 1.42. The summed E-state index contributed by atoms with van der Waals surface area (Å²) in [7, 11) is 1.74. The summed E-state index contributed by atoms with van der Waals surface area (Å²) in [6.07, 6.45) is 7.02. The Morgan fingerprint density at radius 3 is 2.50 bits per heavy atom. The Labute approximate surface area is 168 Å². The van der Waals surface area contributed by atoms with Gasteiger partial charge in [0.2, 0.25) is 0 Å². The number of ether oxygens (including phenoxy) is 1. The Hall–Kier alpha value is -1.85. The van der Waals surface area contributed by atoms with Crippen LogP contribution in [0.2, 0.25) is 0 Å². The number of fused-ring (bicyclic) bond motifs is 2. The molecule has 1 aromatic heterocycles. The van der Waals surface area contributed by atoms with Gasteiger partial charge in [-0.25, -0.2) is 0 Å². The van der Waals surface area contributed by atoms with Crippen molar-refractivity contribution in [2.75, 3.05) is 26.7 Å². The summed E-state index contributed by atoms with van der Waals surface area (Å²) in [5, 5.41) is 4.57. The lowest BCUT2D eigenvalue weighted by molar-refractivity contribution is -0.00870. The van der Waals surface area contributed by atoms with Crippen LogP contribution in [-0.2, 0) is 6.54 Å². The van der Waals surface area contributed by atoms with Gasteiger partial charge < -0.3 is 4.74 Å². The van der Waals surface area contributed by atoms with Gasteiger partial charge in [-0.15, -0.1) is 0 Å². The van der Waals surface area contributed by atoms with Crippen LogP contribution in [0, 0.1) is 5.92 Å². The van der Waals surface area contributed by atoms with E-state index >= 15 is 0 Å². The summed E-state index contributed by atoms with van der Waals surface area (Å²) in [6, 6.07) is 10.6. The fourth-order valence-corrected chi connectivity index (χ4v) is 5.84. The van der Waals surface area contributed by atoms with Crippen molar-refractivity contribution in [3.63, 3.8) is 0 Å². The van der Waals surface area contributed by atoms with Gasteiger partial charge in [-0.1, -0.05) is 12.1 Å². The van der Waals surface area contributed by atoms with Gasteiger partial charge >= 0.3 is 0 Å². The average molecular weight is 381 g/mol. The van der Waals surface area contributed by atoms with Crippen molar-refractivity contribution in [2.45, 2.75) is 57.3 Å². The first-order valence-electron chi connectivity index (χ1n) is 10.8. The third kappa shape index (κ3) is 3.05. The van der Waals surface area contributed by atoms with Crippen LogP contribution in [-0.4, -0.2) is 58.4 Å². The molecule has 150 valence electrons. The normalized spacial score (nSPS) is 32.1. The minimum Gasteiger partial charge on any atom is -0.497 e. The van der Waals surface area contributed by atoms with E-state index in [-0.39, 0.29) is 0 Å². The lowest BCUT2D eigenvalue weighted by Gasteiger charge is -2.51. The van der Waals surface area contributed by atoms with E-state index in [4.69, 9.17) is 4.74 Å². The number of methoxy groups -OCH3 is 1. The molecule has 0 unspecified atom stereocenters. The fourth-order valence-electron chi connectivity index (χ4n) is 5.84. The van der Waals surface area contributed by atoms with E-state index in [0.717, 1.165) is 24.8 Å². The molecule has 5 heterocycles. The molecule has 4 aliphatic heterocycles. The van der Waals surface area contributed by atoms with E-state index in [0.29, 0.717) is 24.0 Å². The minimum absolute atomic E-state index is 0.420. The van der Waals surface area contributed by atoms with E-state index in [1.54, 1.807) is 7.11 Å². The number of benzene rings is 1. The molecule has 4 saturated heterocycles. The van der Waals surface area contributed by atoms with Crippen LogP contribution in [0.25, 0.3) is 0 Å². The maximum absolute atomic E-state index is 5.38. The topological polar surface area (TPSA) is 33.5 Å². The Bertz CT molecular complexity index is 806. The molecule has 0 saturated carbocycles. The maximum atomic E-state index is 5.38. The molecule has 0 radical (unpaired) electrons. The second kappa shape index (κ2) is 7.20. The van der Waals surface area contributed by atoms with E-state index in [1.807, 2.05) is 0 Å². The summed E-state index contributed by atoms with van der Waals surface area (Å²) < 4.78 is 7.46. The molecule has 3 atom stereocenters. The maximum Gasteiger partial charge on any atom is 0.118 e. The van der Waals surface area contributed by atoms with Gasteiger partial charge in [-0.2, -0.15) is 5.10 Å². The second-order valence-corrected chi connectivity index (χ2v) is 9.09. The number of hydrogen-bond donors (Lipinski definition) is 0. The molecule has 1 aromatic carbocycles. The molecule has 0 aliphatic carbocycles. The largest absolute Gasteiger partial charge is 0.497 e. The Kier molecular flexibility index (Phi) is 4.68. The van der Waals surface area contributed by atoms with Crippen molar-refractivity contribution >= 4 is 0 Å². The first-order chi connectivity index (χ1) is 13.6. The molecular formula is C23H32N4O. The zero-order valence-electron chi connectivity index (χ0n) is 17.3. The molecule has 0 spiro atoms. The molecule has 0 N–H and O–H groups in total. The summed E-state index contributed by atoms with van der Waals surface area (Å²) in [5.41, 5.74) is 2.81. The van der Waals surface area contributed by atoms with Gasteiger partial charge in [-0.3, -0.25) is 14.5 Å². The van der Waals surface area contributed by atoms with E-state index < -0.39 is 0 Å². The van der Waals surface area contributed by atoms with Gasteiger partial charge in [0.1, 0.15) is 5.75 Å². The van der Waals surface area contributed by atoms with E-state index in [1.165, 1.54) is 37.1 Å². The molecule has 4 fully saturated rings. The van der Waals surface area contributed by atoms with E-state index in [2.05, 4.69) is 70.1 Å². The number of aromatic nitrogens is 2. The highest BCUT2D eigenvalue weighted by Gasteiger charge is 2.53. The minimum atomic E-state index is 0.420. The van der Waals surface area contributed by atoms with Crippen molar-refractivity contribution in [2.24, 2.45) is 5.92 Å². The SMILES string of the molecule is COc1ccc([C@@H]2CN(Cc3cnn(C(C)C)c3)[C@@H]3C4CCN(CC4)[C@@H]32)cc1. The number of likely N-dealkylation sites (tertiary alicyclic amines) is 1. The monoisotopic (exact) mass is 380 g/mol. The summed E-state index contributed by atoms with van der Waals surface area (Å²) in [5.74, 6) is 2.37. The van der Waals surface area contributed by atoms with Gasteiger partial charge in [0.25, 0.3) is 0 Å². The van der Waals surface area contributed by atoms with E-state index in [9.17, 15) is 0 Å². The summed E-state index contributed by atoms with van der Waals surface area (Å²) in [4.78, 5) is 5.54. The first-order valence-corrected chi connectivity index (χ1v) is 10.8. The molecule has 6 rings (SSSR count). The molecule has 5 nitrogen and oxygen atoms in total. The van der Waals surface area contributed by atoms with Crippen LogP contribution < -0.4 is 4.74 Å². The Morgan fingerprint density at radius 2 is 1.86 bits per heavy atom. The zero-order chi connectivity index (χ0) is 19.3. The first kappa shape index (κ1) is 18.2. The van der Waals surface area contributed by atoms with Gasteiger partial charge in [0.05, 0.1) is 13.3 Å². The number of rotatable bonds is 5. The molecule has 0 amide bonds. The lowest BCUT2D eigenvalue weighted by atomic mass is 9.75. The van der Waals surface area contributed by atoms with Crippen molar-refractivity contribution in [3.8, 4) is 5.75 Å². The standard InChI is InChI=1S/C23H32N4O/c1-16(2)27-14-17(12-24-27)13-26-15-21(18-4-6-20(28-3)7-5-18)23-22(26)19-8-10-25(23)11-9-19/h4-7,12,14,16,19,21-23H,8-11,13,15H2,1-3H3/t21-,22+,23+/m0/s1. The van der Waals surface area contributed by atoms with Crippen LogP contribution in [0.15, 0.2) is 36.7 Å². The van der Waals surface area contributed by atoms with Crippen LogP contribution >= 0.6 is 0 Å². The van der Waals surface area contributed by atoms with Crippen LogP contribution in [0.3, 0.4) is 0 Å². The summed E-state index contributed by atoms with van der Waals surface area (Å²) >= 11 is 0. The third-order valence-corrected chi connectivity index (χ3v) is 7.21. The molecule has 28 heavy (non-hydrogen) atoms. The number of nitrogens with zero attached hydrogens (tertiary/aromatic N) is 4. The number of piperidine rings is 3. The van der Waals surface area contributed by atoms with Crippen molar-refractivity contribution in [1.82, 2.24) is 19.6 Å². The summed E-state index contributed by atoms with van der Waals surface area (Å²) in [6.45, 7) is 9.09.